The third kappa shape index (κ3) is 6.12. The summed E-state index contributed by atoms with van der Waals surface area (Å²) in [6.07, 6.45) is -0.653. The zero-order chi connectivity index (χ0) is 23.4. The number of aryl methyl sites for hydroxylation is 1. The van der Waals surface area contributed by atoms with E-state index in [2.05, 4.69) is 10.2 Å². The van der Waals surface area contributed by atoms with Gasteiger partial charge < -0.3 is 10.1 Å². The Labute approximate surface area is 192 Å². The average Bonchev–Trinajstić information content (AvgIpc) is 3.31. The van der Waals surface area contributed by atoms with Crippen molar-refractivity contribution in [1.29, 1.82) is 0 Å². The van der Waals surface area contributed by atoms with Crippen LogP contribution in [0.25, 0.3) is 0 Å². The number of hydrogen-bond donors (Lipinski definition) is 1. The van der Waals surface area contributed by atoms with E-state index in [4.69, 9.17) is 9.72 Å². The van der Waals surface area contributed by atoms with Gasteiger partial charge in [-0.3, -0.25) is 14.7 Å². The highest BCUT2D eigenvalue weighted by Gasteiger charge is 2.31. The predicted molar refractivity (Wildman–Crippen MR) is 119 cm³/mol. The fourth-order valence-corrected chi connectivity index (χ4v) is 4.66. The van der Waals surface area contributed by atoms with Gasteiger partial charge in [0.15, 0.2) is 0 Å². The monoisotopic (exact) mass is 461 g/mol. The van der Waals surface area contributed by atoms with Crippen LogP contribution in [0.4, 0.5) is 13.2 Å². The quantitative estimate of drug-likeness (QED) is 0.678. The van der Waals surface area contributed by atoms with Gasteiger partial charge in [0.1, 0.15) is 0 Å². The van der Waals surface area contributed by atoms with Crippen LogP contribution in [0.5, 0.6) is 0 Å². The first-order chi connectivity index (χ1) is 15.8. The summed E-state index contributed by atoms with van der Waals surface area (Å²) in [6, 6.07) is 9.23. The maximum atomic E-state index is 13.0. The first-order valence-corrected chi connectivity index (χ1v) is 11.6. The molecule has 5 nitrogen and oxygen atoms in total. The molecular weight excluding hydrogens is 431 g/mol. The third-order valence-electron chi connectivity index (χ3n) is 6.46. The van der Waals surface area contributed by atoms with Crippen LogP contribution >= 0.6 is 0 Å². The minimum absolute atomic E-state index is 0.0786. The third-order valence-corrected chi connectivity index (χ3v) is 6.46. The lowest BCUT2D eigenvalue weighted by Gasteiger charge is -2.32. The van der Waals surface area contributed by atoms with Crippen LogP contribution in [0, 0.1) is 6.92 Å². The number of halogens is 3. The van der Waals surface area contributed by atoms with Gasteiger partial charge in [0, 0.05) is 31.3 Å². The van der Waals surface area contributed by atoms with E-state index in [9.17, 15) is 18.0 Å². The van der Waals surface area contributed by atoms with Gasteiger partial charge in [-0.1, -0.05) is 18.2 Å². The summed E-state index contributed by atoms with van der Waals surface area (Å²) in [4.78, 5) is 19.8. The zero-order valence-electron chi connectivity index (χ0n) is 18.8. The van der Waals surface area contributed by atoms with Crippen LogP contribution < -0.4 is 5.32 Å². The van der Waals surface area contributed by atoms with Crippen LogP contribution in [0.1, 0.15) is 64.5 Å². The number of pyridine rings is 1. The van der Waals surface area contributed by atoms with E-state index in [1.807, 2.05) is 19.1 Å². The number of ether oxygens (including phenoxy) is 1. The van der Waals surface area contributed by atoms with Crippen molar-refractivity contribution in [2.45, 2.75) is 57.3 Å². The van der Waals surface area contributed by atoms with Crippen molar-refractivity contribution in [2.24, 2.45) is 0 Å². The largest absolute Gasteiger partial charge is 0.416 e. The van der Waals surface area contributed by atoms with Crippen LogP contribution in [0.15, 0.2) is 36.4 Å². The van der Waals surface area contributed by atoms with E-state index in [0.717, 1.165) is 62.8 Å². The van der Waals surface area contributed by atoms with Gasteiger partial charge in [-0.2, -0.15) is 13.2 Å². The minimum atomic E-state index is -4.33. The van der Waals surface area contributed by atoms with Gasteiger partial charge >= 0.3 is 6.18 Å². The lowest BCUT2D eigenvalue weighted by molar-refractivity contribution is -0.137. The van der Waals surface area contributed by atoms with E-state index < -0.39 is 11.7 Å². The molecule has 3 heterocycles. The number of benzene rings is 1. The van der Waals surface area contributed by atoms with Crippen LogP contribution in [0.2, 0.25) is 0 Å². The van der Waals surface area contributed by atoms with Crippen LogP contribution in [-0.2, 0) is 17.5 Å². The molecular formula is C25H30F3N3O2. The molecule has 2 saturated heterocycles. The number of alkyl halides is 3. The number of carbonyl (C=O) groups excluding carboxylic acids is 1. The Balaban J connectivity index is 1.38. The number of rotatable bonds is 6. The highest BCUT2D eigenvalue weighted by molar-refractivity contribution is 5.95. The maximum Gasteiger partial charge on any atom is 0.416 e. The van der Waals surface area contributed by atoms with E-state index in [1.165, 1.54) is 12.1 Å². The van der Waals surface area contributed by atoms with Crippen molar-refractivity contribution < 1.29 is 22.7 Å². The fraction of sp³-hybridized carbons (Fsp3) is 0.520. The minimum Gasteiger partial charge on any atom is -0.376 e. The standard InChI is InChI=1S/C25H30F3N3O2/c1-17-7-8-22(24(32)29-15-21-6-3-13-33-21)23(30-17)19-9-11-31(12-10-19)16-18-4-2-5-20(14-18)25(26,27)28/h2,4-5,7-8,14,19,21H,3,6,9-13,15-16H2,1H3,(H,29,32)/t21-/m0/s1. The van der Waals surface area contributed by atoms with Crippen molar-refractivity contribution in [1.82, 2.24) is 15.2 Å². The topological polar surface area (TPSA) is 54.5 Å². The number of aromatic nitrogens is 1. The summed E-state index contributed by atoms with van der Waals surface area (Å²) in [5, 5.41) is 2.99. The fourth-order valence-electron chi connectivity index (χ4n) is 4.66. The van der Waals surface area contributed by atoms with E-state index >= 15 is 0 Å². The van der Waals surface area contributed by atoms with Crippen LogP contribution in [-0.4, -0.2) is 48.1 Å². The average molecular weight is 462 g/mol. The number of nitrogens with one attached hydrogen (secondary N) is 1. The molecule has 8 heteroatoms. The molecule has 0 spiro atoms. The Bertz CT molecular complexity index is 966. The summed E-state index contributed by atoms with van der Waals surface area (Å²) in [6.45, 7) is 5.13. The summed E-state index contributed by atoms with van der Waals surface area (Å²) in [5.41, 5.74) is 2.34. The highest BCUT2D eigenvalue weighted by Crippen LogP contribution is 2.32. The molecule has 2 aliphatic heterocycles. The van der Waals surface area contributed by atoms with Gasteiger partial charge in [0.05, 0.1) is 22.9 Å². The van der Waals surface area contributed by atoms with Crippen molar-refractivity contribution in [3.8, 4) is 0 Å². The molecule has 0 saturated carbocycles. The van der Waals surface area contributed by atoms with Gasteiger partial charge in [-0.25, -0.2) is 0 Å². The molecule has 33 heavy (non-hydrogen) atoms. The number of nitrogens with zero attached hydrogens (tertiary/aromatic N) is 2. The predicted octanol–water partition coefficient (Wildman–Crippen LogP) is 4.70. The normalized spacial score (nSPS) is 20.2. The van der Waals surface area contributed by atoms with E-state index in [-0.39, 0.29) is 17.9 Å². The zero-order valence-corrected chi connectivity index (χ0v) is 18.8. The Morgan fingerprint density at radius 3 is 2.67 bits per heavy atom. The van der Waals surface area contributed by atoms with Gasteiger partial charge in [-0.05, 0) is 69.5 Å². The Morgan fingerprint density at radius 1 is 1.18 bits per heavy atom. The van der Waals surface area contributed by atoms with Gasteiger partial charge in [0.25, 0.3) is 5.91 Å². The summed E-state index contributed by atoms with van der Waals surface area (Å²) in [5.74, 6) is 0.0190. The molecule has 1 N–H and O–H groups in total. The smallest absolute Gasteiger partial charge is 0.376 e. The molecule has 0 bridgehead atoms. The molecule has 0 radical (unpaired) electrons. The van der Waals surface area contributed by atoms with E-state index in [1.54, 1.807) is 6.07 Å². The second kappa shape index (κ2) is 10.2. The Kier molecular flexibility index (Phi) is 7.34. The Morgan fingerprint density at radius 2 is 1.97 bits per heavy atom. The SMILES string of the molecule is Cc1ccc(C(=O)NC[C@@H]2CCCO2)c(C2CCN(Cc3cccc(C(F)(F)F)c3)CC2)n1. The molecule has 178 valence electrons. The molecule has 2 aromatic rings. The maximum absolute atomic E-state index is 13.0. The molecule has 1 amide bonds. The van der Waals surface area contributed by atoms with Crippen molar-refractivity contribution in [3.63, 3.8) is 0 Å². The van der Waals surface area contributed by atoms with Gasteiger partial charge in [0.2, 0.25) is 0 Å². The number of carbonyl (C=O) groups is 1. The number of amides is 1. The molecule has 1 aromatic heterocycles. The first kappa shape index (κ1) is 23.7. The Hall–Kier alpha value is -2.45. The van der Waals surface area contributed by atoms with Gasteiger partial charge in [-0.15, -0.1) is 0 Å². The molecule has 0 aliphatic carbocycles. The molecule has 1 aromatic carbocycles. The van der Waals surface area contributed by atoms with Crippen LogP contribution in [0.3, 0.4) is 0 Å². The summed E-state index contributed by atoms with van der Waals surface area (Å²) < 4.78 is 44.6. The number of likely N-dealkylation sites (tertiary alicyclic amines) is 1. The van der Waals surface area contributed by atoms with Crippen molar-refractivity contribution in [2.75, 3.05) is 26.2 Å². The van der Waals surface area contributed by atoms with Crippen molar-refractivity contribution >= 4 is 5.91 Å². The molecule has 0 unspecified atom stereocenters. The van der Waals surface area contributed by atoms with E-state index in [0.29, 0.717) is 24.2 Å². The molecule has 1 atom stereocenters. The lowest BCUT2D eigenvalue weighted by Crippen LogP contribution is -2.35. The number of piperidine rings is 1. The molecule has 2 aliphatic rings. The van der Waals surface area contributed by atoms with Crippen molar-refractivity contribution in [3.05, 3.63) is 64.5 Å². The molecule has 2 fully saturated rings. The summed E-state index contributed by atoms with van der Waals surface area (Å²) in [7, 11) is 0. The first-order valence-electron chi connectivity index (χ1n) is 11.6. The summed E-state index contributed by atoms with van der Waals surface area (Å²) >= 11 is 0. The second-order valence-corrected chi connectivity index (χ2v) is 8.98. The lowest BCUT2D eigenvalue weighted by atomic mass is 9.89. The molecule has 4 rings (SSSR count). The second-order valence-electron chi connectivity index (χ2n) is 8.98. The number of hydrogen-bond acceptors (Lipinski definition) is 4. The highest BCUT2D eigenvalue weighted by atomic mass is 19.4.